The van der Waals surface area contributed by atoms with Gasteiger partial charge >= 0.3 is 0 Å². The van der Waals surface area contributed by atoms with Crippen LogP contribution in [0.4, 0.5) is 0 Å². The Morgan fingerprint density at radius 3 is 2.64 bits per heavy atom. The first-order chi connectivity index (χ1) is 5.43. The average Bonchev–Trinajstić information content (AvgIpc) is 2.07. The third-order valence-corrected chi connectivity index (χ3v) is 2.23. The molecular formula is C9H18N2. The van der Waals surface area contributed by atoms with Gasteiger partial charge in [0.1, 0.15) is 0 Å². The van der Waals surface area contributed by atoms with Crippen LogP contribution in [0.1, 0.15) is 19.3 Å². The predicted octanol–water partition coefficient (Wildman–Crippen LogP) is 0.891. The Kier molecular flexibility index (Phi) is 4.24. The summed E-state index contributed by atoms with van der Waals surface area (Å²) >= 11 is 0. The van der Waals surface area contributed by atoms with Crippen molar-refractivity contribution in [2.45, 2.75) is 19.3 Å². The molecule has 3 N–H and O–H groups in total. The van der Waals surface area contributed by atoms with Crippen molar-refractivity contribution in [2.24, 2.45) is 11.7 Å². The number of allylic oxidation sites excluding steroid dienone is 1. The van der Waals surface area contributed by atoms with Crippen LogP contribution in [-0.2, 0) is 0 Å². The van der Waals surface area contributed by atoms with E-state index in [9.17, 15) is 0 Å². The highest BCUT2D eigenvalue weighted by atomic mass is 14.9. The lowest BCUT2D eigenvalue weighted by atomic mass is 9.95. The van der Waals surface area contributed by atoms with Gasteiger partial charge in [-0.05, 0) is 38.3 Å². The number of nitrogens with one attached hydrogen (secondary N) is 1. The van der Waals surface area contributed by atoms with Gasteiger partial charge in [0.15, 0.2) is 0 Å². The van der Waals surface area contributed by atoms with Gasteiger partial charge in [0.25, 0.3) is 0 Å². The van der Waals surface area contributed by atoms with Crippen LogP contribution in [0.15, 0.2) is 12.2 Å². The fourth-order valence-electron chi connectivity index (χ4n) is 1.50. The third kappa shape index (κ3) is 3.54. The summed E-state index contributed by atoms with van der Waals surface area (Å²) < 4.78 is 0. The largest absolute Gasteiger partial charge is 0.327 e. The van der Waals surface area contributed by atoms with E-state index in [-0.39, 0.29) is 0 Å². The molecule has 1 saturated heterocycles. The lowest BCUT2D eigenvalue weighted by molar-refractivity contribution is 0.377. The molecule has 0 atom stereocenters. The van der Waals surface area contributed by atoms with E-state index in [1.165, 1.54) is 32.4 Å². The van der Waals surface area contributed by atoms with Crippen molar-refractivity contribution >= 4 is 0 Å². The van der Waals surface area contributed by atoms with Crippen LogP contribution in [0, 0.1) is 5.92 Å². The van der Waals surface area contributed by atoms with E-state index in [0.717, 1.165) is 5.92 Å². The van der Waals surface area contributed by atoms with Crippen molar-refractivity contribution in [1.29, 1.82) is 0 Å². The summed E-state index contributed by atoms with van der Waals surface area (Å²) in [7, 11) is 0. The van der Waals surface area contributed by atoms with Crippen LogP contribution < -0.4 is 11.1 Å². The zero-order chi connectivity index (χ0) is 7.94. The zero-order valence-corrected chi connectivity index (χ0v) is 7.05. The Labute approximate surface area is 68.9 Å². The second-order valence-corrected chi connectivity index (χ2v) is 3.14. The molecule has 0 aromatic rings. The van der Waals surface area contributed by atoms with Crippen LogP contribution in [0.5, 0.6) is 0 Å². The maximum atomic E-state index is 5.34. The maximum Gasteiger partial charge on any atom is 0.0106 e. The summed E-state index contributed by atoms with van der Waals surface area (Å²) in [5.41, 5.74) is 5.34. The number of hydrogen-bond donors (Lipinski definition) is 2. The van der Waals surface area contributed by atoms with Gasteiger partial charge in [0.05, 0.1) is 0 Å². The van der Waals surface area contributed by atoms with Crippen LogP contribution in [0.2, 0.25) is 0 Å². The first kappa shape index (κ1) is 8.75. The maximum absolute atomic E-state index is 5.34. The monoisotopic (exact) mass is 154 g/mol. The Hall–Kier alpha value is -0.340. The minimum absolute atomic E-state index is 0.685. The standard InChI is InChI=1S/C9H18N2/c10-6-2-1-3-9-4-7-11-8-5-9/h1-2,9,11H,3-8,10H2/b2-1-. The summed E-state index contributed by atoms with van der Waals surface area (Å²) in [6.45, 7) is 3.08. The topological polar surface area (TPSA) is 38.0 Å². The molecule has 0 bridgehead atoms. The molecule has 0 amide bonds. The van der Waals surface area contributed by atoms with E-state index in [2.05, 4.69) is 17.5 Å². The van der Waals surface area contributed by atoms with Gasteiger partial charge in [0.2, 0.25) is 0 Å². The van der Waals surface area contributed by atoms with E-state index >= 15 is 0 Å². The van der Waals surface area contributed by atoms with Crippen molar-refractivity contribution in [3.05, 3.63) is 12.2 Å². The van der Waals surface area contributed by atoms with Crippen molar-refractivity contribution in [3.63, 3.8) is 0 Å². The third-order valence-electron chi connectivity index (χ3n) is 2.23. The van der Waals surface area contributed by atoms with Gasteiger partial charge in [-0.15, -0.1) is 0 Å². The number of rotatable bonds is 3. The smallest absolute Gasteiger partial charge is 0.0106 e. The molecule has 11 heavy (non-hydrogen) atoms. The Morgan fingerprint density at radius 2 is 2.00 bits per heavy atom. The average molecular weight is 154 g/mol. The Morgan fingerprint density at radius 1 is 1.27 bits per heavy atom. The molecule has 1 rings (SSSR count). The molecule has 1 aliphatic heterocycles. The van der Waals surface area contributed by atoms with E-state index in [4.69, 9.17) is 5.73 Å². The highest BCUT2D eigenvalue weighted by Gasteiger charge is 2.10. The van der Waals surface area contributed by atoms with Crippen molar-refractivity contribution in [3.8, 4) is 0 Å². The fourth-order valence-corrected chi connectivity index (χ4v) is 1.50. The highest BCUT2D eigenvalue weighted by molar-refractivity contribution is 4.85. The van der Waals surface area contributed by atoms with Gasteiger partial charge < -0.3 is 11.1 Å². The second-order valence-electron chi connectivity index (χ2n) is 3.14. The van der Waals surface area contributed by atoms with Crippen molar-refractivity contribution in [1.82, 2.24) is 5.32 Å². The molecule has 0 unspecified atom stereocenters. The van der Waals surface area contributed by atoms with E-state index in [1.807, 2.05) is 0 Å². The van der Waals surface area contributed by atoms with E-state index in [0.29, 0.717) is 6.54 Å². The van der Waals surface area contributed by atoms with Crippen molar-refractivity contribution in [2.75, 3.05) is 19.6 Å². The van der Waals surface area contributed by atoms with E-state index in [1.54, 1.807) is 0 Å². The second kappa shape index (κ2) is 5.33. The lowest BCUT2D eigenvalue weighted by Gasteiger charge is -2.20. The molecule has 1 heterocycles. The van der Waals surface area contributed by atoms with Crippen LogP contribution in [0.3, 0.4) is 0 Å². The normalized spacial score (nSPS) is 21.2. The number of nitrogens with two attached hydrogens (primary N) is 1. The zero-order valence-electron chi connectivity index (χ0n) is 7.05. The molecular weight excluding hydrogens is 136 g/mol. The number of piperidine rings is 1. The summed E-state index contributed by atoms with van der Waals surface area (Å²) in [5, 5.41) is 3.36. The predicted molar refractivity (Wildman–Crippen MR) is 48.4 cm³/mol. The molecule has 2 heteroatoms. The first-order valence-corrected chi connectivity index (χ1v) is 4.49. The van der Waals surface area contributed by atoms with Crippen LogP contribution >= 0.6 is 0 Å². The minimum atomic E-state index is 0.685. The minimum Gasteiger partial charge on any atom is -0.327 e. The molecule has 0 saturated carbocycles. The summed E-state index contributed by atoms with van der Waals surface area (Å²) in [6.07, 6.45) is 8.15. The van der Waals surface area contributed by atoms with E-state index < -0.39 is 0 Å². The van der Waals surface area contributed by atoms with Gasteiger partial charge in [-0.3, -0.25) is 0 Å². The molecule has 1 fully saturated rings. The van der Waals surface area contributed by atoms with Gasteiger partial charge in [-0.2, -0.15) is 0 Å². The van der Waals surface area contributed by atoms with Gasteiger partial charge in [-0.25, -0.2) is 0 Å². The van der Waals surface area contributed by atoms with Gasteiger partial charge in [-0.1, -0.05) is 12.2 Å². The number of hydrogen-bond acceptors (Lipinski definition) is 2. The molecule has 0 aromatic heterocycles. The van der Waals surface area contributed by atoms with Crippen LogP contribution in [-0.4, -0.2) is 19.6 Å². The van der Waals surface area contributed by atoms with Crippen molar-refractivity contribution < 1.29 is 0 Å². The molecule has 2 nitrogen and oxygen atoms in total. The quantitative estimate of drug-likeness (QED) is 0.592. The molecule has 64 valence electrons. The molecule has 0 radical (unpaired) electrons. The SMILES string of the molecule is NC/C=C\CC1CCNCC1. The first-order valence-electron chi connectivity index (χ1n) is 4.49. The fraction of sp³-hybridized carbons (Fsp3) is 0.778. The molecule has 1 aliphatic rings. The molecule has 0 aromatic carbocycles. The van der Waals surface area contributed by atoms with Crippen LogP contribution in [0.25, 0.3) is 0 Å². The summed E-state index contributed by atoms with van der Waals surface area (Å²) in [6, 6.07) is 0. The molecule has 0 aliphatic carbocycles. The lowest BCUT2D eigenvalue weighted by Crippen LogP contribution is -2.27. The highest BCUT2D eigenvalue weighted by Crippen LogP contribution is 2.15. The Balaban J connectivity index is 2.09. The van der Waals surface area contributed by atoms with Gasteiger partial charge in [0, 0.05) is 6.54 Å². The Bertz CT molecular complexity index is 115. The molecule has 0 spiro atoms. The summed E-state index contributed by atoms with van der Waals surface area (Å²) in [4.78, 5) is 0. The summed E-state index contributed by atoms with van der Waals surface area (Å²) in [5.74, 6) is 0.902.